The van der Waals surface area contributed by atoms with Gasteiger partial charge in [0.05, 0.1) is 13.1 Å². The quantitative estimate of drug-likeness (QED) is 0.558. The molecule has 0 spiro atoms. The Labute approximate surface area is 70.9 Å². The number of carbonyl (C=O) groups excluding carboxylic acids is 2. The van der Waals surface area contributed by atoms with Crippen molar-refractivity contribution in [2.75, 3.05) is 19.6 Å². The molecule has 0 aromatic carbocycles. The summed E-state index contributed by atoms with van der Waals surface area (Å²) >= 11 is 0. The third-order valence-corrected chi connectivity index (χ3v) is 2.23. The van der Waals surface area contributed by atoms with Gasteiger partial charge in [-0.15, -0.1) is 0 Å². The summed E-state index contributed by atoms with van der Waals surface area (Å²) in [6.07, 6.45) is 2.51. The normalized spacial score (nSPS) is 25.7. The standard InChI is InChI=1S/C8H12N2O2/c11-7-4-10(3-6-1-2-6)5-8(12)9-7/h6H,1-5H2,(H,9,11,12). The summed E-state index contributed by atoms with van der Waals surface area (Å²) in [5.41, 5.74) is 0. The number of piperazine rings is 1. The van der Waals surface area contributed by atoms with Crippen molar-refractivity contribution in [3.63, 3.8) is 0 Å². The van der Waals surface area contributed by atoms with Crippen LogP contribution in [0.2, 0.25) is 0 Å². The van der Waals surface area contributed by atoms with Gasteiger partial charge in [-0.1, -0.05) is 0 Å². The average molecular weight is 168 g/mol. The van der Waals surface area contributed by atoms with Crippen LogP contribution in [-0.2, 0) is 9.59 Å². The second-order valence-corrected chi connectivity index (χ2v) is 3.58. The fraction of sp³-hybridized carbons (Fsp3) is 0.750. The summed E-state index contributed by atoms with van der Waals surface area (Å²) in [7, 11) is 0. The second-order valence-electron chi connectivity index (χ2n) is 3.58. The highest BCUT2D eigenvalue weighted by Gasteiger charge is 2.29. The Bertz CT molecular complexity index is 207. The van der Waals surface area contributed by atoms with E-state index in [-0.39, 0.29) is 11.8 Å². The van der Waals surface area contributed by atoms with E-state index >= 15 is 0 Å². The maximum atomic E-state index is 10.9. The molecule has 1 heterocycles. The van der Waals surface area contributed by atoms with Crippen molar-refractivity contribution < 1.29 is 9.59 Å². The topological polar surface area (TPSA) is 49.4 Å². The SMILES string of the molecule is O=C1CN(CC2CC2)CC(=O)N1. The minimum atomic E-state index is -0.160. The van der Waals surface area contributed by atoms with Crippen LogP contribution in [0.3, 0.4) is 0 Å². The van der Waals surface area contributed by atoms with E-state index in [4.69, 9.17) is 0 Å². The third kappa shape index (κ3) is 1.82. The predicted octanol–water partition coefficient (Wildman–Crippen LogP) is -0.645. The highest BCUT2D eigenvalue weighted by molar-refractivity contribution is 5.99. The molecule has 1 saturated carbocycles. The first-order valence-corrected chi connectivity index (χ1v) is 4.29. The fourth-order valence-electron chi connectivity index (χ4n) is 1.49. The van der Waals surface area contributed by atoms with Gasteiger partial charge < -0.3 is 0 Å². The van der Waals surface area contributed by atoms with Crippen molar-refractivity contribution in [3.05, 3.63) is 0 Å². The lowest BCUT2D eigenvalue weighted by Crippen LogP contribution is -2.51. The van der Waals surface area contributed by atoms with E-state index in [1.165, 1.54) is 12.8 Å². The summed E-state index contributed by atoms with van der Waals surface area (Å²) in [5.74, 6) is 0.419. The fourth-order valence-corrected chi connectivity index (χ4v) is 1.49. The van der Waals surface area contributed by atoms with Crippen LogP contribution in [0.1, 0.15) is 12.8 Å². The Morgan fingerprint density at radius 3 is 2.33 bits per heavy atom. The van der Waals surface area contributed by atoms with Gasteiger partial charge in [-0.2, -0.15) is 0 Å². The molecule has 0 radical (unpaired) electrons. The Morgan fingerprint density at radius 2 is 1.83 bits per heavy atom. The van der Waals surface area contributed by atoms with E-state index in [1.54, 1.807) is 0 Å². The molecule has 2 aliphatic rings. The maximum absolute atomic E-state index is 10.9. The number of hydrogen-bond acceptors (Lipinski definition) is 3. The summed E-state index contributed by atoms with van der Waals surface area (Å²) < 4.78 is 0. The van der Waals surface area contributed by atoms with Crippen molar-refractivity contribution in [2.24, 2.45) is 5.92 Å². The zero-order chi connectivity index (χ0) is 8.55. The van der Waals surface area contributed by atoms with Gasteiger partial charge in [-0.25, -0.2) is 0 Å². The summed E-state index contributed by atoms with van der Waals surface area (Å²) in [6.45, 7) is 1.70. The molecule has 2 rings (SSSR count). The monoisotopic (exact) mass is 168 g/mol. The van der Waals surface area contributed by atoms with Gasteiger partial charge in [0, 0.05) is 6.54 Å². The highest BCUT2D eigenvalue weighted by atomic mass is 16.2. The van der Waals surface area contributed by atoms with Gasteiger partial charge in [-0.3, -0.25) is 19.8 Å². The summed E-state index contributed by atoms with van der Waals surface area (Å²) in [5, 5.41) is 2.28. The van der Waals surface area contributed by atoms with E-state index in [1.807, 2.05) is 4.90 Å². The molecule has 0 aromatic heterocycles. The number of carbonyl (C=O) groups is 2. The molecule has 4 nitrogen and oxygen atoms in total. The van der Waals surface area contributed by atoms with Gasteiger partial charge in [-0.05, 0) is 18.8 Å². The summed E-state index contributed by atoms with van der Waals surface area (Å²) in [6, 6.07) is 0. The van der Waals surface area contributed by atoms with Crippen LogP contribution in [-0.4, -0.2) is 36.3 Å². The minimum absolute atomic E-state index is 0.160. The van der Waals surface area contributed by atoms with Gasteiger partial charge >= 0.3 is 0 Å². The predicted molar refractivity (Wildman–Crippen MR) is 42.3 cm³/mol. The zero-order valence-electron chi connectivity index (χ0n) is 6.88. The second kappa shape index (κ2) is 2.86. The Morgan fingerprint density at radius 1 is 1.25 bits per heavy atom. The smallest absolute Gasteiger partial charge is 0.240 e. The Balaban J connectivity index is 1.87. The van der Waals surface area contributed by atoms with E-state index in [9.17, 15) is 9.59 Å². The number of nitrogens with one attached hydrogen (secondary N) is 1. The molecule has 66 valence electrons. The molecule has 1 aliphatic carbocycles. The zero-order valence-corrected chi connectivity index (χ0v) is 6.88. The van der Waals surface area contributed by atoms with Crippen LogP contribution in [0.4, 0.5) is 0 Å². The van der Waals surface area contributed by atoms with Crippen LogP contribution in [0.5, 0.6) is 0 Å². The van der Waals surface area contributed by atoms with Gasteiger partial charge in [0.15, 0.2) is 0 Å². The number of nitrogens with zero attached hydrogens (tertiary/aromatic N) is 1. The Kier molecular flexibility index (Phi) is 1.84. The van der Waals surface area contributed by atoms with Crippen molar-refractivity contribution in [3.8, 4) is 0 Å². The van der Waals surface area contributed by atoms with Crippen LogP contribution in [0, 0.1) is 5.92 Å². The number of hydrogen-bond donors (Lipinski definition) is 1. The first kappa shape index (κ1) is 7.73. The molecule has 12 heavy (non-hydrogen) atoms. The lowest BCUT2D eigenvalue weighted by molar-refractivity contribution is -0.136. The van der Waals surface area contributed by atoms with E-state index in [0.717, 1.165) is 12.5 Å². The van der Waals surface area contributed by atoms with Crippen LogP contribution >= 0.6 is 0 Å². The van der Waals surface area contributed by atoms with Gasteiger partial charge in [0.1, 0.15) is 0 Å². The molecule has 0 aromatic rings. The van der Waals surface area contributed by atoms with Crippen molar-refractivity contribution >= 4 is 11.8 Å². The third-order valence-electron chi connectivity index (χ3n) is 2.23. The molecule has 1 N–H and O–H groups in total. The molecule has 1 saturated heterocycles. The maximum Gasteiger partial charge on any atom is 0.240 e. The number of imide groups is 1. The van der Waals surface area contributed by atoms with Gasteiger partial charge in [0.2, 0.25) is 11.8 Å². The number of rotatable bonds is 2. The van der Waals surface area contributed by atoms with E-state index < -0.39 is 0 Å². The van der Waals surface area contributed by atoms with Crippen LogP contribution in [0.15, 0.2) is 0 Å². The van der Waals surface area contributed by atoms with E-state index in [0.29, 0.717) is 13.1 Å². The van der Waals surface area contributed by atoms with Crippen LogP contribution in [0.25, 0.3) is 0 Å². The molecular formula is C8H12N2O2. The summed E-state index contributed by atoms with van der Waals surface area (Å²) in [4.78, 5) is 23.8. The van der Waals surface area contributed by atoms with Crippen molar-refractivity contribution in [1.29, 1.82) is 0 Å². The van der Waals surface area contributed by atoms with Crippen molar-refractivity contribution in [1.82, 2.24) is 10.2 Å². The first-order chi connectivity index (χ1) is 5.74. The van der Waals surface area contributed by atoms with Crippen molar-refractivity contribution in [2.45, 2.75) is 12.8 Å². The molecule has 0 unspecified atom stereocenters. The van der Waals surface area contributed by atoms with Gasteiger partial charge in [0.25, 0.3) is 0 Å². The lowest BCUT2D eigenvalue weighted by atomic mass is 10.3. The first-order valence-electron chi connectivity index (χ1n) is 4.29. The molecule has 0 bridgehead atoms. The molecule has 2 fully saturated rings. The average Bonchev–Trinajstić information content (AvgIpc) is 2.68. The molecule has 2 amide bonds. The largest absolute Gasteiger partial charge is 0.294 e. The number of amides is 2. The molecule has 1 aliphatic heterocycles. The minimum Gasteiger partial charge on any atom is -0.294 e. The molecule has 4 heteroatoms. The Hall–Kier alpha value is -0.900. The highest BCUT2D eigenvalue weighted by Crippen LogP contribution is 2.29. The molecule has 0 atom stereocenters. The van der Waals surface area contributed by atoms with E-state index in [2.05, 4.69) is 5.32 Å². The van der Waals surface area contributed by atoms with Crippen LogP contribution < -0.4 is 5.32 Å². The molecular weight excluding hydrogens is 156 g/mol. The lowest BCUT2D eigenvalue weighted by Gasteiger charge is -2.24.